The Morgan fingerprint density at radius 1 is 0.939 bits per heavy atom. The fourth-order valence-corrected chi connectivity index (χ4v) is 4.91. The van der Waals surface area contributed by atoms with Crippen LogP contribution >= 0.6 is 11.8 Å². The van der Waals surface area contributed by atoms with E-state index < -0.39 is 0 Å². The lowest BCUT2D eigenvalue weighted by Crippen LogP contribution is -2.38. The maximum atomic E-state index is 14.1. The van der Waals surface area contributed by atoms with Gasteiger partial charge in [-0.15, -0.1) is 10.2 Å². The molecule has 3 aromatic rings. The maximum absolute atomic E-state index is 14.1. The minimum atomic E-state index is -0.320. The van der Waals surface area contributed by atoms with Gasteiger partial charge in [-0.2, -0.15) is 0 Å². The van der Waals surface area contributed by atoms with Crippen LogP contribution in [-0.4, -0.2) is 59.3 Å². The van der Waals surface area contributed by atoms with Crippen LogP contribution in [0.1, 0.15) is 11.1 Å². The summed E-state index contributed by atoms with van der Waals surface area (Å²) < 4.78 is 46.0. The summed E-state index contributed by atoms with van der Waals surface area (Å²) in [6.45, 7) is 5.19. The first-order valence-electron chi connectivity index (χ1n) is 10.8. The molecule has 0 N–H and O–H groups in total. The molecule has 174 valence electrons. The molecule has 0 radical (unpaired) electrons. The van der Waals surface area contributed by atoms with E-state index >= 15 is 0 Å². The zero-order valence-electron chi connectivity index (χ0n) is 18.0. The number of fused-ring (bicyclic) bond motifs is 1. The highest BCUT2D eigenvalue weighted by Crippen LogP contribution is 2.34. The summed E-state index contributed by atoms with van der Waals surface area (Å²) in [6.07, 6.45) is 0. The van der Waals surface area contributed by atoms with E-state index in [-0.39, 0.29) is 18.4 Å². The van der Waals surface area contributed by atoms with Crippen molar-refractivity contribution in [2.75, 3.05) is 39.6 Å². The van der Waals surface area contributed by atoms with E-state index in [1.807, 2.05) is 4.57 Å². The van der Waals surface area contributed by atoms with Gasteiger partial charge in [0, 0.05) is 48.6 Å². The van der Waals surface area contributed by atoms with Crippen LogP contribution in [0.3, 0.4) is 0 Å². The molecule has 0 atom stereocenters. The van der Waals surface area contributed by atoms with Gasteiger partial charge in [-0.05, 0) is 36.4 Å². The number of benzene rings is 2. The second kappa shape index (κ2) is 10.2. The fraction of sp³-hybridized carbons (Fsp3) is 0.391. The van der Waals surface area contributed by atoms with E-state index in [9.17, 15) is 8.78 Å². The van der Waals surface area contributed by atoms with Gasteiger partial charge in [0.25, 0.3) is 0 Å². The summed E-state index contributed by atoms with van der Waals surface area (Å²) >= 11 is 1.47. The van der Waals surface area contributed by atoms with Gasteiger partial charge in [0.1, 0.15) is 17.4 Å². The summed E-state index contributed by atoms with van der Waals surface area (Å²) in [5.74, 6) is 1.20. The van der Waals surface area contributed by atoms with Crippen molar-refractivity contribution < 1.29 is 23.0 Å². The Labute approximate surface area is 194 Å². The highest BCUT2D eigenvalue weighted by molar-refractivity contribution is 7.98. The van der Waals surface area contributed by atoms with Crippen LogP contribution in [0.4, 0.5) is 8.78 Å². The Morgan fingerprint density at radius 3 is 2.58 bits per heavy atom. The molecule has 3 heterocycles. The molecule has 1 saturated heterocycles. The lowest BCUT2D eigenvalue weighted by Gasteiger charge is -2.27. The number of halogens is 2. The summed E-state index contributed by atoms with van der Waals surface area (Å²) in [6, 6.07) is 9.18. The fourth-order valence-electron chi connectivity index (χ4n) is 3.98. The van der Waals surface area contributed by atoms with Crippen LogP contribution in [0.2, 0.25) is 0 Å². The predicted molar refractivity (Wildman–Crippen MR) is 119 cm³/mol. The van der Waals surface area contributed by atoms with Crippen molar-refractivity contribution in [2.24, 2.45) is 0 Å². The quantitative estimate of drug-likeness (QED) is 0.484. The molecule has 2 aromatic carbocycles. The monoisotopic (exact) mass is 474 g/mol. The summed E-state index contributed by atoms with van der Waals surface area (Å²) in [4.78, 5) is 2.34. The van der Waals surface area contributed by atoms with Crippen LogP contribution in [0.15, 0.2) is 41.6 Å². The van der Waals surface area contributed by atoms with Gasteiger partial charge in [-0.1, -0.05) is 11.8 Å². The number of nitrogens with zero attached hydrogens (tertiary/aromatic N) is 4. The first-order valence-corrected chi connectivity index (χ1v) is 11.8. The number of hydrogen-bond acceptors (Lipinski definition) is 7. The lowest BCUT2D eigenvalue weighted by molar-refractivity contribution is -0.0171. The average molecular weight is 475 g/mol. The molecule has 7 nitrogen and oxygen atoms in total. The van der Waals surface area contributed by atoms with Gasteiger partial charge in [0.05, 0.1) is 19.8 Å². The molecule has 1 aromatic heterocycles. The minimum Gasteiger partial charge on any atom is -0.467 e. The molecule has 0 spiro atoms. The highest BCUT2D eigenvalue weighted by Gasteiger charge is 2.20. The van der Waals surface area contributed by atoms with Crippen molar-refractivity contribution in [1.29, 1.82) is 0 Å². The number of rotatable bonds is 7. The second-order valence-electron chi connectivity index (χ2n) is 7.87. The first kappa shape index (κ1) is 22.3. The largest absolute Gasteiger partial charge is 0.467 e. The maximum Gasteiger partial charge on any atom is 0.191 e. The van der Waals surface area contributed by atoms with Gasteiger partial charge >= 0.3 is 0 Å². The lowest BCUT2D eigenvalue weighted by atomic mass is 10.1. The van der Waals surface area contributed by atoms with E-state index in [0.717, 1.165) is 44.0 Å². The standard InChI is InChI=1S/C23H24F2N4O3S/c24-19-3-1-16(2-4-19)22-26-27-23(29(22)6-5-28-7-9-30-10-8-28)33-14-18-12-20(25)11-17-13-31-15-32-21(17)18/h1-4,11-12H,5-10,13-15H2. The van der Waals surface area contributed by atoms with Crippen molar-refractivity contribution in [3.05, 3.63) is 59.2 Å². The Balaban J connectivity index is 1.39. The summed E-state index contributed by atoms with van der Waals surface area (Å²) in [5, 5.41) is 9.52. The van der Waals surface area contributed by atoms with Crippen molar-refractivity contribution >= 4 is 11.8 Å². The van der Waals surface area contributed by atoms with Crippen molar-refractivity contribution in [3.8, 4) is 17.1 Å². The Hall–Kier alpha value is -2.53. The molecule has 0 saturated carbocycles. The molecule has 2 aliphatic rings. The molecular weight excluding hydrogens is 450 g/mol. The molecule has 2 aliphatic heterocycles. The van der Waals surface area contributed by atoms with Gasteiger partial charge in [-0.3, -0.25) is 4.90 Å². The number of ether oxygens (including phenoxy) is 3. The number of hydrogen-bond donors (Lipinski definition) is 0. The second-order valence-corrected chi connectivity index (χ2v) is 8.81. The highest BCUT2D eigenvalue weighted by atomic mass is 32.2. The van der Waals surface area contributed by atoms with Crippen molar-refractivity contribution in [3.63, 3.8) is 0 Å². The minimum absolute atomic E-state index is 0.154. The normalized spacial score (nSPS) is 16.4. The number of thioether (sulfide) groups is 1. The van der Waals surface area contributed by atoms with E-state index in [1.165, 1.54) is 36.0 Å². The molecule has 0 aliphatic carbocycles. The molecule has 5 rings (SSSR count). The van der Waals surface area contributed by atoms with Crippen LogP contribution in [0.25, 0.3) is 11.4 Å². The predicted octanol–water partition coefficient (Wildman–Crippen LogP) is 3.71. The van der Waals surface area contributed by atoms with Gasteiger partial charge in [0.15, 0.2) is 17.8 Å². The van der Waals surface area contributed by atoms with Crippen LogP contribution in [0, 0.1) is 11.6 Å². The third-order valence-corrected chi connectivity index (χ3v) is 6.69. The SMILES string of the molecule is Fc1ccc(-c2nnc(SCc3cc(F)cc4c3OCOC4)n2CCN2CCOCC2)cc1. The topological polar surface area (TPSA) is 61.6 Å². The average Bonchev–Trinajstić information content (AvgIpc) is 3.25. The Bertz CT molecular complexity index is 1100. The number of aromatic nitrogens is 3. The van der Waals surface area contributed by atoms with E-state index in [2.05, 4.69) is 15.1 Å². The Kier molecular flexibility index (Phi) is 6.86. The number of morpholine rings is 1. The van der Waals surface area contributed by atoms with Gasteiger partial charge in [0.2, 0.25) is 0 Å². The van der Waals surface area contributed by atoms with Crippen LogP contribution in [0.5, 0.6) is 5.75 Å². The smallest absolute Gasteiger partial charge is 0.191 e. The van der Waals surface area contributed by atoms with Crippen molar-refractivity contribution in [1.82, 2.24) is 19.7 Å². The van der Waals surface area contributed by atoms with E-state index in [4.69, 9.17) is 14.2 Å². The van der Waals surface area contributed by atoms with Crippen LogP contribution < -0.4 is 4.74 Å². The first-order chi connectivity index (χ1) is 16.2. The van der Waals surface area contributed by atoms with E-state index in [0.29, 0.717) is 41.2 Å². The third-order valence-electron chi connectivity index (χ3n) is 5.67. The third kappa shape index (κ3) is 5.19. The molecule has 10 heteroatoms. The molecule has 0 bridgehead atoms. The Morgan fingerprint density at radius 2 is 1.76 bits per heavy atom. The van der Waals surface area contributed by atoms with Gasteiger partial charge < -0.3 is 18.8 Å². The zero-order chi connectivity index (χ0) is 22.6. The molecule has 33 heavy (non-hydrogen) atoms. The molecule has 0 amide bonds. The molecule has 0 unspecified atom stereocenters. The zero-order valence-corrected chi connectivity index (χ0v) is 18.8. The van der Waals surface area contributed by atoms with Gasteiger partial charge in [-0.25, -0.2) is 8.78 Å². The molecular formula is C23H24F2N4O3S. The summed E-state index contributed by atoms with van der Waals surface area (Å²) in [7, 11) is 0. The van der Waals surface area contributed by atoms with Crippen LogP contribution in [-0.2, 0) is 28.4 Å². The molecule has 1 fully saturated rings. The summed E-state index contributed by atoms with van der Waals surface area (Å²) in [5.41, 5.74) is 2.25. The van der Waals surface area contributed by atoms with Crippen molar-refractivity contribution in [2.45, 2.75) is 24.1 Å². The van der Waals surface area contributed by atoms with E-state index in [1.54, 1.807) is 12.1 Å².